The molecule has 116 valence electrons. The topological polar surface area (TPSA) is 72.6 Å². The van der Waals surface area contributed by atoms with E-state index in [2.05, 4.69) is 0 Å². The van der Waals surface area contributed by atoms with E-state index in [-0.39, 0.29) is 12.3 Å². The average molecular weight is 309 g/mol. The molecule has 0 saturated heterocycles. The van der Waals surface area contributed by atoms with E-state index in [1.807, 2.05) is 42.5 Å². The molecule has 0 heterocycles. The van der Waals surface area contributed by atoms with Gasteiger partial charge in [-0.25, -0.2) is 0 Å². The first-order chi connectivity index (χ1) is 11.2. The molecule has 0 saturated carbocycles. The molecule has 5 heteroatoms. The number of ether oxygens (including phenoxy) is 1. The summed E-state index contributed by atoms with van der Waals surface area (Å²) in [5, 5.41) is 22.4. The lowest BCUT2D eigenvalue weighted by atomic mass is 10.1. The zero-order valence-electron chi connectivity index (χ0n) is 12.3. The Bertz CT molecular complexity index is 855. The minimum absolute atomic E-state index is 0.0634. The van der Waals surface area contributed by atoms with Crippen molar-refractivity contribution in [2.24, 2.45) is 0 Å². The number of aliphatic hydroxyl groups is 1. The monoisotopic (exact) mass is 309 g/mol. The minimum atomic E-state index is -0.492. The molecule has 1 N–H and O–H groups in total. The normalized spacial score (nSPS) is 10.7. The predicted octanol–water partition coefficient (Wildman–Crippen LogP) is 3.82. The van der Waals surface area contributed by atoms with Crippen LogP contribution in [0.2, 0.25) is 0 Å². The van der Waals surface area contributed by atoms with Crippen LogP contribution in [0.15, 0.2) is 60.7 Å². The lowest BCUT2D eigenvalue weighted by molar-refractivity contribution is -0.385. The van der Waals surface area contributed by atoms with Crippen LogP contribution in [0.3, 0.4) is 0 Å². The fourth-order valence-corrected chi connectivity index (χ4v) is 2.52. The van der Waals surface area contributed by atoms with Gasteiger partial charge in [0.1, 0.15) is 12.4 Å². The zero-order chi connectivity index (χ0) is 16.2. The molecule has 0 radical (unpaired) electrons. The molecule has 5 nitrogen and oxygen atoms in total. The Morgan fingerprint density at radius 1 is 1.00 bits per heavy atom. The maximum atomic E-state index is 10.8. The maximum absolute atomic E-state index is 10.8. The van der Waals surface area contributed by atoms with Crippen LogP contribution in [-0.4, -0.2) is 10.0 Å². The Hall–Kier alpha value is -2.92. The van der Waals surface area contributed by atoms with Crippen LogP contribution in [0.25, 0.3) is 10.8 Å². The SMILES string of the molecule is O=[N+]([O-])c1ccc(OCc2cccc3ccccc23)c(CO)c1. The minimum Gasteiger partial charge on any atom is -0.489 e. The van der Waals surface area contributed by atoms with Crippen LogP contribution < -0.4 is 4.74 Å². The first-order valence-corrected chi connectivity index (χ1v) is 7.16. The molecule has 23 heavy (non-hydrogen) atoms. The van der Waals surface area contributed by atoms with E-state index in [0.29, 0.717) is 17.9 Å². The van der Waals surface area contributed by atoms with Crippen LogP contribution in [0.1, 0.15) is 11.1 Å². The molecule has 0 aliphatic carbocycles. The molecular formula is C18H15NO4. The molecule has 0 bridgehead atoms. The average Bonchev–Trinajstić information content (AvgIpc) is 2.59. The third-order valence-electron chi connectivity index (χ3n) is 3.69. The van der Waals surface area contributed by atoms with E-state index >= 15 is 0 Å². The lowest BCUT2D eigenvalue weighted by Crippen LogP contribution is -2.00. The highest BCUT2D eigenvalue weighted by Crippen LogP contribution is 2.26. The van der Waals surface area contributed by atoms with Crippen LogP contribution >= 0.6 is 0 Å². The van der Waals surface area contributed by atoms with Gasteiger partial charge in [0.2, 0.25) is 0 Å². The van der Waals surface area contributed by atoms with Gasteiger partial charge in [-0.15, -0.1) is 0 Å². The van der Waals surface area contributed by atoms with E-state index in [1.54, 1.807) is 0 Å². The van der Waals surface area contributed by atoms with Crippen molar-refractivity contribution in [3.05, 3.63) is 81.9 Å². The second-order valence-corrected chi connectivity index (χ2v) is 5.13. The van der Waals surface area contributed by atoms with Crippen molar-refractivity contribution in [3.63, 3.8) is 0 Å². The smallest absolute Gasteiger partial charge is 0.270 e. The summed E-state index contributed by atoms with van der Waals surface area (Å²) in [6.45, 7) is 0.0126. The molecule has 0 fully saturated rings. The van der Waals surface area contributed by atoms with Crippen molar-refractivity contribution in [1.82, 2.24) is 0 Å². The fraction of sp³-hybridized carbons (Fsp3) is 0.111. The van der Waals surface area contributed by atoms with Gasteiger partial charge in [-0.05, 0) is 22.4 Å². The van der Waals surface area contributed by atoms with Crippen LogP contribution in [0.4, 0.5) is 5.69 Å². The second kappa shape index (κ2) is 6.46. The molecule has 0 spiro atoms. The fourth-order valence-electron chi connectivity index (χ4n) is 2.52. The van der Waals surface area contributed by atoms with Crippen molar-refractivity contribution >= 4 is 16.5 Å². The van der Waals surface area contributed by atoms with Gasteiger partial charge < -0.3 is 9.84 Å². The first-order valence-electron chi connectivity index (χ1n) is 7.16. The van der Waals surface area contributed by atoms with Gasteiger partial charge in [-0.3, -0.25) is 10.1 Å². The van der Waals surface area contributed by atoms with Crippen molar-refractivity contribution in [3.8, 4) is 5.75 Å². The van der Waals surface area contributed by atoms with Gasteiger partial charge in [0, 0.05) is 17.7 Å². The van der Waals surface area contributed by atoms with E-state index in [4.69, 9.17) is 4.74 Å². The molecule has 0 aromatic heterocycles. The van der Waals surface area contributed by atoms with Crippen molar-refractivity contribution in [2.45, 2.75) is 13.2 Å². The quantitative estimate of drug-likeness (QED) is 0.574. The molecular weight excluding hydrogens is 294 g/mol. The summed E-state index contributed by atoms with van der Waals surface area (Å²) in [5.41, 5.74) is 1.36. The molecule has 0 atom stereocenters. The summed E-state index contributed by atoms with van der Waals surface area (Å²) in [5.74, 6) is 0.450. The van der Waals surface area contributed by atoms with Gasteiger partial charge >= 0.3 is 0 Å². The number of nitrogens with zero attached hydrogens (tertiary/aromatic N) is 1. The van der Waals surface area contributed by atoms with E-state index < -0.39 is 4.92 Å². The highest BCUT2D eigenvalue weighted by atomic mass is 16.6. The van der Waals surface area contributed by atoms with Gasteiger partial charge in [-0.1, -0.05) is 42.5 Å². The summed E-state index contributed by atoms with van der Waals surface area (Å²) >= 11 is 0. The first kappa shape index (κ1) is 15.0. The number of benzene rings is 3. The number of nitro benzene ring substituents is 1. The summed E-state index contributed by atoms with van der Waals surface area (Å²) in [6, 6.07) is 18.2. The van der Waals surface area contributed by atoms with Crippen LogP contribution in [0, 0.1) is 10.1 Å². The van der Waals surface area contributed by atoms with Crippen LogP contribution in [-0.2, 0) is 13.2 Å². The number of nitro groups is 1. The molecule has 3 rings (SSSR count). The Morgan fingerprint density at radius 3 is 2.57 bits per heavy atom. The van der Waals surface area contributed by atoms with Gasteiger partial charge in [-0.2, -0.15) is 0 Å². The Morgan fingerprint density at radius 2 is 1.78 bits per heavy atom. The summed E-state index contributed by atoms with van der Waals surface area (Å²) in [6.07, 6.45) is 0. The number of non-ortho nitro benzene ring substituents is 1. The maximum Gasteiger partial charge on any atom is 0.270 e. The zero-order valence-corrected chi connectivity index (χ0v) is 12.3. The number of fused-ring (bicyclic) bond motifs is 1. The van der Waals surface area contributed by atoms with Crippen molar-refractivity contribution < 1.29 is 14.8 Å². The van der Waals surface area contributed by atoms with E-state index in [0.717, 1.165) is 16.3 Å². The van der Waals surface area contributed by atoms with Gasteiger partial charge in [0.05, 0.1) is 11.5 Å². The predicted molar refractivity (Wildman–Crippen MR) is 87.3 cm³/mol. The number of aliphatic hydroxyl groups excluding tert-OH is 1. The van der Waals surface area contributed by atoms with Gasteiger partial charge in [0.15, 0.2) is 0 Å². The largest absolute Gasteiger partial charge is 0.489 e. The van der Waals surface area contributed by atoms with E-state index in [9.17, 15) is 15.2 Å². The van der Waals surface area contributed by atoms with E-state index in [1.165, 1.54) is 18.2 Å². The van der Waals surface area contributed by atoms with Crippen molar-refractivity contribution in [2.75, 3.05) is 0 Å². The lowest BCUT2D eigenvalue weighted by Gasteiger charge is -2.11. The summed E-state index contributed by atoms with van der Waals surface area (Å²) < 4.78 is 5.77. The number of hydrogen-bond donors (Lipinski definition) is 1. The highest BCUT2D eigenvalue weighted by Gasteiger charge is 2.11. The molecule has 0 unspecified atom stereocenters. The Kier molecular flexibility index (Phi) is 4.21. The molecule has 3 aromatic carbocycles. The number of rotatable bonds is 5. The third-order valence-corrected chi connectivity index (χ3v) is 3.69. The number of hydrogen-bond acceptors (Lipinski definition) is 4. The third kappa shape index (κ3) is 3.14. The Labute approximate surface area is 132 Å². The molecule has 0 amide bonds. The van der Waals surface area contributed by atoms with Crippen LogP contribution in [0.5, 0.6) is 5.75 Å². The Balaban J connectivity index is 1.86. The summed E-state index contributed by atoms with van der Waals surface area (Å²) in [7, 11) is 0. The van der Waals surface area contributed by atoms with Crippen molar-refractivity contribution in [1.29, 1.82) is 0 Å². The standard InChI is InChI=1S/C18H15NO4/c20-11-15-10-16(19(21)22)8-9-18(15)23-12-14-6-3-5-13-4-1-2-7-17(13)14/h1-10,20H,11-12H2. The molecule has 0 aliphatic heterocycles. The highest BCUT2D eigenvalue weighted by molar-refractivity contribution is 5.85. The molecule has 0 aliphatic rings. The second-order valence-electron chi connectivity index (χ2n) is 5.13. The summed E-state index contributed by atoms with van der Waals surface area (Å²) in [4.78, 5) is 10.3. The van der Waals surface area contributed by atoms with Gasteiger partial charge in [0.25, 0.3) is 5.69 Å². The molecule has 3 aromatic rings.